The molecule has 0 saturated carbocycles. The summed E-state index contributed by atoms with van der Waals surface area (Å²) in [6.07, 6.45) is -1.20. The van der Waals surface area contributed by atoms with E-state index in [-0.39, 0.29) is 10.6 Å². The first-order chi connectivity index (χ1) is 8.49. The Hall–Kier alpha value is -0.970. The maximum absolute atomic E-state index is 13.2. The molecule has 1 atom stereocenters. The zero-order valence-electron chi connectivity index (χ0n) is 9.00. The summed E-state index contributed by atoms with van der Waals surface area (Å²) >= 11 is 9.11. The van der Waals surface area contributed by atoms with Gasteiger partial charge in [-0.3, -0.25) is 0 Å². The summed E-state index contributed by atoms with van der Waals surface area (Å²) in [5.41, 5.74) is 0.491. The van der Waals surface area contributed by atoms with Crippen LogP contribution in [-0.4, -0.2) is 5.11 Å². The van der Waals surface area contributed by atoms with E-state index in [2.05, 4.69) is 15.9 Å². The summed E-state index contributed by atoms with van der Waals surface area (Å²) in [6.45, 7) is 0. The summed E-state index contributed by atoms with van der Waals surface area (Å²) < 4.78 is 26.8. The van der Waals surface area contributed by atoms with Crippen molar-refractivity contribution >= 4 is 27.5 Å². The molecule has 1 N–H and O–H groups in total. The molecule has 0 radical (unpaired) electrons. The van der Waals surface area contributed by atoms with E-state index in [1.54, 1.807) is 0 Å². The van der Waals surface area contributed by atoms with Crippen molar-refractivity contribution < 1.29 is 13.9 Å². The van der Waals surface area contributed by atoms with Crippen molar-refractivity contribution in [3.8, 4) is 0 Å². The lowest BCUT2D eigenvalue weighted by Crippen LogP contribution is -2.03. The zero-order chi connectivity index (χ0) is 13.3. The lowest BCUT2D eigenvalue weighted by molar-refractivity contribution is 0.218. The van der Waals surface area contributed by atoms with Crippen molar-refractivity contribution in [2.75, 3.05) is 0 Å². The molecule has 0 aliphatic heterocycles. The first kappa shape index (κ1) is 13.5. The summed E-state index contributed by atoms with van der Waals surface area (Å²) in [6, 6.07) is 7.58. The molecule has 0 aromatic heterocycles. The summed E-state index contributed by atoms with van der Waals surface area (Å²) in [4.78, 5) is 0. The Labute approximate surface area is 116 Å². The SMILES string of the molecule is OC(c1cc(F)ccc1Cl)c1cc(F)ccc1Br. The molecular weight excluding hydrogens is 325 g/mol. The molecule has 94 valence electrons. The molecule has 0 aliphatic carbocycles. The number of hydrogen-bond donors (Lipinski definition) is 1. The summed E-state index contributed by atoms with van der Waals surface area (Å²) in [5.74, 6) is -0.999. The van der Waals surface area contributed by atoms with Crippen LogP contribution in [0, 0.1) is 11.6 Å². The number of hydrogen-bond acceptors (Lipinski definition) is 1. The lowest BCUT2D eigenvalue weighted by atomic mass is 10.0. The van der Waals surface area contributed by atoms with Crippen molar-refractivity contribution in [2.45, 2.75) is 6.10 Å². The van der Waals surface area contributed by atoms with Crippen LogP contribution in [0.4, 0.5) is 8.78 Å². The summed E-state index contributed by atoms with van der Waals surface area (Å²) in [5, 5.41) is 10.4. The Morgan fingerprint density at radius 2 is 1.56 bits per heavy atom. The highest BCUT2D eigenvalue weighted by molar-refractivity contribution is 9.10. The Balaban J connectivity index is 2.50. The molecule has 0 bridgehead atoms. The van der Waals surface area contributed by atoms with Gasteiger partial charge in [-0.05, 0) is 36.4 Å². The molecule has 1 unspecified atom stereocenters. The number of halogens is 4. The molecule has 2 rings (SSSR count). The van der Waals surface area contributed by atoms with Crippen molar-refractivity contribution in [1.29, 1.82) is 0 Å². The Bertz CT molecular complexity index is 538. The van der Waals surface area contributed by atoms with Crippen LogP contribution in [0.1, 0.15) is 17.2 Å². The number of aliphatic hydroxyl groups excluding tert-OH is 1. The van der Waals surface area contributed by atoms with Gasteiger partial charge in [-0.15, -0.1) is 0 Å². The van der Waals surface area contributed by atoms with Gasteiger partial charge in [0, 0.05) is 20.6 Å². The van der Waals surface area contributed by atoms with E-state index in [0.717, 1.165) is 6.07 Å². The standard InChI is InChI=1S/C13H8BrClF2O/c14-11-3-1-7(16)5-9(11)13(18)10-6-8(17)2-4-12(10)15/h1-6,13,18H. The van der Waals surface area contributed by atoms with E-state index in [4.69, 9.17) is 11.6 Å². The fourth-order valence-electron chi connectivity index (χ4n) is 1.62. The second-order valence-corrected chi connectivity index (χ2v) is 5.00. The smallest absolute Gasteiger partial charge is 0.123 e. The first-order valence-corrected chi connectivity index (χ1v) is 6.24. The fraction of sp³-hybridized carbons (Fsp3) is 0.0769. The van der Waals surface area contributed by atoms with Gasteiger partial charge >= 0.3 is 0 Å². The second kappa shape index (κ2) is 5.34. The third kappa shape index (κ3) is 2.71. The summed E-state index contributed by atoms with van der Waals surface area (Å²) in [7, 11) is 0. The van der Waals surface area contributed by atoms with Crippen LogP contribution in [0.3, 0.4) is 0 Å². The van der Waals surface area contributed by atoms with Crippen LogP contribution in [-0.2, 0) is 0 Å². The quantitative estimate of drug-likeness (QED) is 0.860. The monoisotopic (exact) mass is 332 g/mol. The molecule has 0 saturated heterocycles. The van der Waals surface area contributed by atoms with Gasteiger partial charge in [0.15, 0.2) is 0 Å². The van der Waals surface area contributed by atoms with Crippen molar-refractivity contribution in [3.05, 3.63) is 68.7 Å². The highest BCUT2D eigenvalue weighted by Crippen LogP contribution is 2.33. The highest BCUT2D eigenvalue weighted by Gasteiger charge is 2.18. The Kier molecular flexibility index (Phi) is 4.00. The molecule has 0 aliphatic rings. The molecule has 1 nitrogen and oxygen atoms in total. The van der Waals surface area contributed by atoms with Crippen molar-refractivity contribution in [1.82, 2.24) is 0 Å². The maximum Gasteiger partial charge on any atom is 0.123 e. The third-order valence-corrected chi connectivity index (χ3v) is 3.57. The van der Waals surface area contributed by atoms with Crippen molar-refractivity contribution in [3.63, 3.8) is 0 Å². The molecule has 0 amide bonds. The van der Waals surface area contributed by atoms with Gasteiger partial charge in [-0.25, -0.2) is 8.78 Å². The topological polar surface area (TPSA) is 20.2 Å². The first-order valence-electron chi connectivity index (χ1n) is 5.07. The highest BCUT2D eigenvalue weighted by atomic mass is 79.9. The van der Waals surface area contributed by atoms with Crippen LogP contribution >= 0.6 is 27.5 Å². The van der Waals surface area contributed by atoms with Crippen LogP contribution in [0.2, 0.25) is 5.02 Å². The van der Waals surface area contributed by atoms with E-state index >= 15 is 0 Å². The van der Waals surface area contributed by atoms with Gasteiger partial charge in [0.1, 0.15) is 17.7 Å². The van der Waals surface area contributed by atoms with Gasteiger partial charge in [-0.2, -0.15) is 0 Å². The average molecular weight is 334 g/mol. The number of aliphatic hydroxyl groups is 1. The largest absolute Gasteiger partial charge is 0.384 e. The van der Waals surface area contributed by atoms with Crippen molar-refractivity contribution in [2.24, 2.45) is 0 Å². The Morgan fingerprint density at radius 3 is 2.22 bits per heavy atom. The molecule has 2 aromatic carbocycles. The van der Waals surface area contributed by atoms with Gasteiger partial charge < -0.3 is 5.11 Å². The van der Waals surface area contributed by atoms with E-state index in [9.17, 15) is 13.9 Å². The lowest BCUT2D eigenvalue weighted by Gasteiger charge is -2.15. The normalized spacial score (nSPS) is 12.5. The van der Waals surface area contributed by atoms with Crippen LogP contribution in [0.15, 0.2) is 40.9 Å². The third-order valence-electron chi connectivity index (χ3n) is 2.51. The van der Waals surface area contributed by atoms with Crippen LogP contribution in [0.5, 0.6) is 0 Å². The average Bonchev–Trinajstić information content (AvgIpc) is 2.34. The van der Waals surface area contributed by atoms with Gasteiger partial charge in [-0.1, -0.05) is 27.5 Å². The number of benzene rings is 2. The molecule has 0 spiro atoms. The minimum atomic E-state index is -1.20. The minimum absolute atomic E-state index is 0.197. The molecule has 5 heteroatoms. The fourth-order valence-corrected chi connectivity index (χ4v) is 2.30. The van der Waals surface area contributed by atoms with Crippen LogP contribution < -0.4 is 0 Å². The molecule has 2 aromatic rings. The maximum atomic E-state index is 13.2. The molecular formula is C13H8BrClF2O. The number of rotatable bonds is 2. The molecule has 0 fully saturated rings. The minimum Gasteiger partial charge on any atom is -0.384 e. The second-order valence-electron chi connectivity index (χ2n) is 3.73. The van der Waals surface area contributed by atoms with E-state index in [0.29, 0.717) is 10.0 Å². The van der Waals surface area contributed by atoms with Crippen LogP contribution in [0.25, 0.3) is 0 Å². The van der Waals surface area contributed by atoms with E-state index < -0.39 is 17.7 Å². The van der Waals surface area contributed by atoms with Gasteiger partial charge in [0.25, 0.3) is 0 Å². The molecule has 18 heavy (non-hydrogen) atoms. The molecule has 0 heterocycles. The zero-order valence-corrected chi connectivity index (χ0v) is 11.3. The van der Waals surface area contributed by atoms with Gasteiger partial charge in [0.05, 0.1) is 0 Å². The van der Waals surface area contributed by atoms with E-state index in [1.807, 2.05) is 0 Å². The predicted octanol–water partition coefficient (Wildman–Crippen LogP) is 4.46. The van der Waals surface area contributed by atoms with E-state index in [1.165, 1.54) is 30.3 Å². The Morgan fingerprint density at radius 1 is 1.00 bits per heavy atom. The van der Waals surface area contributed by atoms with Gasteiger partial charge in [0.2, 0.25) is 0 Å². The predicted molar refractivity (Wildman–Crippen MR) is 69.6 cm³/mol.